The van der Waals surface area contributed by atoms with E-state index in [0.717, 1.165) is 19.3 Å². The average molecular weight is 197 g/mol. The van der Waals surface area contributed by atoms with Gasteiger partial charge in [0, 0.05) is 13.0 Å². The summed E-state index contributed by atoms with van der Waals surface area (Å²) in [5.74, 6) is 0.597. The van der Waals surface area contributed by atoms with E-state index < -0.39 is 0 Å². The first kappa shape index (κ1) is 9.49. The number of likely N-dealkylation sites (tertiary alicyclic amines) is 1. The smallest absolute Gasteiger partial charge is 0.410 e. The lowest BCUT2D eigenvalue weighted by Crippen LogP contribution is -2.44. The highest BCUT2D eigenvalue weighted by Gasteiger charge is 2.43. The Morgan fingerprint density at radius 2 is 2.29 bits per heavy atom. The van der Waals surface area contributed by atoms with Crippen molar-refractivity contribution in [1.82, 2.24) is 4.90 Å². The third-order valence-corrected chi connectivity index (χ3v) is 3.26. The molecule has 1 saturated heterocycles. The second-order valence-corrected chi connectivity index (χ2v) is 4.02. The van der Waals surface area contributed by atoms with Crippen molar-refractivity contribution in [2.45, 2.75) is 31.7 Å². The predicted molar refractivity (Wildman–Crippen MR) is 49.9 cm³/mol. The van der Waals surface area contributed by atoms with Crippen LogP contribution in [-0.4, -0.2) is 36.5 Å². The van der Waals surface area contributed by atoms with Gasteiger partial charge in [0.25, 0.3) is 0 Å². The fourth-order valence-corrected chi connectivity index (χ4v) is 2.60. The van der Waals surface area contributed by atoms with E-state index in [1.165, 1.54) is 7.11 Å². The summed E-state index contributed by atoms with van der Waals surface area (Å²) >= 11 is 0. The number of ketones is 1. The van der Waals surface area contributed by atoms with Gasteiger partial charge >= 0.3 is 6.09 Å². The molecule has 0 N–H and O–H groups in total. The highest BCUT2D eigenvalue weighted by Crippen LogP contribution is 2.34. The number of Topliss-reactive ketones (excluding diaryl/α,β-unsaturated/α-hetero) is 1. The Balaban J connectivity index is 2.14. The average Bonchev–Trinajstić information content (AvgIpc) is 2.62. The Morgan fingerprint density at radius 3 is 3.00 bits per heavy atom. The number of amides is 1. The number of methoxy groups -OCH3 is 1. The minimum Gasteiger partial charge on any atom is -0.453 e. The van der Waals surface area contributed by atoms with Crippen LogP contribution in [0, 0.1) is 5.92 Å². The maximum absolute atomic E-state index is 11.7. The molecule has 0 unspecified atom stereocenters. The number of hydrogen-bond acceptors (Lipinski definition) is 3. The van der Waals surface area contributed by atoms with Crippen LogP contribution in [0.25, 0.3) is 0 Å². The highest BCUT2D eigenvalue weighted by molar-refractivity contribution is 5.88. The van der Waals surface area contributed by atoms with Gasteiger partial charge in [-0.3, -0.25) is 9.69 Å². The third-order valence-electron chi connectivity index (χ3n) is 3.26. The highest BCUT2D eigenvalue weighted by atomic mass is 16.5. The van der Waals surface area contributed by atoms with Gasteiger partial charge < -0.3 is 4.74 Å². The van der Waals surface area contributed by atoms with Crippen LogP contribution in [-0.2, 0) is 9.53 Å². The molecule has 1 aliphatic heterocycles. The zero-order valence-corrected chi connectivity index (χ0v) is 8.36. The molecule has 1 heterocycles. The van der Waals surface area contributed by atoms with E-state index >= 15 is 0 Å². The minimum absolute atomic E-state index is 0.184. The Labute approximate surface area is 83.2 Å². The maximum atomic E-state index is 11.7. The van der Waals surface area contributed by atoms with Gasteiger partial charge in [-0.05, 0) is 25.2 Å². The molecule has 1 saturated carbocycles. The first-order chi connectivity index (χ1) is 6.74. The molecule has 0 aromatic rings. The number of rotatable bonds is 0. The largest absolute Gasteiger partial charge is 0.453 e. The molecule has 0 spiro atoms. The zero-order chi connectivity index (χ0) is 10.1. The molecule has 0 aromatic heterocycles. The number of nitrogens with zero attached hydrogens (tertiary/aromatic N) is 1. The molecule has 78 valence electrons. The summed E-state index contributed by atoms with van der Waals surface area (Å²) in [6.07, 6.45) is 3.27. The monoisotopic (exact) mass is 197 g/mol. The van der Waals surface area contributed by atoms with Crippen molar-refractivity contribution in [3.05, 3.63) is 0 Å². The van der Waals surface area contributed by atoms with Crippen LogP contribution < -0.4 is 0 Å². The van der Waals surface area contributed by atoms with Crippen molar-refractivity contribution in [2.24, 2.45) is 5.92 Å². The van der Waals surface area contributed by atoms with Gasteiger partial charge in [-0.1, -0.05) is 0 Å². The molecule has 0 aromatic carbocycles. The lowest BCUT2D eigenvalue weighted by Gasteiger charge is -2.29. The van der Waals surface area contributed by atoms with Gasteiger partial charge in [0.05, 0.1) is 13.2 Å². The van der Waals surface area contributed by atoms with E-state index in [-0.39, 0.29) is 17.9 Å². The summed E-state index contributed by atoms with van der Waals surface area (Å²) in [6.45, 7) is 0.674. The van der Waals surface area contributed by atoms with Gasteiger partial charge in [-0.2, -0.15) is 0 Å². The molecule has 0 radical (unpaired) electrons. The molecular formula is C10H15NO3. The Kier molecular flexibility index (Phi) is 2.44. The van der Waals surface area contributed by atoms with Crippen LogP contribution in [0.3, 0.4) is 0 Å². The Bertz CT molecular complexity index is 264. The lowest BCUT2D eigenvalue weighted by atomic mass is 9.84. The van der Waals surface area contributed by atoms with Crippen molar-refractivity contribution in [3.8, 4) is 0 Å². The lowest BCUT2D eigenvalue weighted by molar-refractivity contribution is -0.125. The summed E-state index contributed by atoms with van der Waals surface area (Å²) in [5.41, 5.74) is 0. The number of fused-ring (bicyclic) bond motifs is 1. The molecular weight excluding hydrogens is 182 g/mol. The summed E-state index contributed by atoms with van der Waals surface area (Å²) in [5, 5.41) is 0. The summed E-state index contributed by atoms with van der Waals surface area (Å²) in [6, 6.07) is -0.184. The van der Waals surface area contributed by atoms with E-state index in [1.807, 2.05) is 0 Å². The first-order valence-corrected chi connectivity index (χ1v) is 5.11. The standard InChI is InChI=1S/C10H15NO3/c1-14-10(13)11-6-5-7-3-2-4-8(12)9(7)11/h7,9H,2-6H2,1H3/t7-,9-/m0/s1. The van der Waals surface area contributed by atoms with Crippen LogP contribution in [0.1, 0.15) is 25.7 Å². The van der Waals surface area contributed by atoms with Gasteiger partial charge in [-0.25, -0.2) is 4.79 Å². The molecule has 2 aliphatic rings. The van der Waals surface area contributed by atoms with Crippen molar-refractivity contribution >= 4 is 11.9 Å². The van der Waals surface area contributed by atoms with E-state index in [2.05, 4.69) is 4.74 Å². The SMILES string of the molecule is COC(=O)N1CC[C@@H]2CCCC(=O)[C@H]21. The van der Waals surface area contributed by atoms with E-state index in [1.54, 1.807) is 4.90 Å². The number of carbonyl (C=O) groups excluding carboxylic acids is 2. The van der Waals surface area contributed by atoms with Crippen LogP contribution >= 0.6 is 0 Å². The molecule has 14 heavy (non-hydrogen) atoms. The van der Waals surface area contributed by atoms with E-state index in [9.17, 15) is 9.59 Å². The molecule has 2 fully saturated rings. The molecule has 1 amide bonds. The normalized spacial score (nSPS) is 31.5. The maximum Gasteiger partial charge on any atom is 0.410 e. The summed E-state index contributed by atoms with van der Waals surface area (Å²) in [7, 11) is 1.36. The van der Waals surface area contributed by atoms with Gasteiger partial charge in [0.2, 0.25) is 0 Å². The Morgan fingerprint density at radius 1 is 1.50 bits per heavy atom. The molecule has 0 bridgehead atoms. The Hall–Kier alpha value is -1.06. The van der Waals surface area contributed by atoms with Crippen molar-refractivity contribution in [2.75, 3.05) is 13.7 Å². The topological polar surface area (TPSA) is 46.6 Å². The van der Waals surface area contributed by atoms with E-state index in [4.69, 9.17) is 0 Å². The third kappa shape index (κ3) is 1.38. The number of hydrogen-bond donors (Lipinski definition) is 0. The number of ether oxygens (including phenoxy) is 1. The van der Waals surface area contributed by atoms with Gasteiger partial charge in [0.1, 0.15) is 0 Å². The van der Waals surface area contributed by atoms with Crippen molar-refractivity contribution < 1.29 is 14.3 Å². The first-order valence-electron chi connectivity index (χ1n) is 5.11. The van der Waals surface area contributed by atoms with Crippen molar-refractivity contribution in [1.29, 1.82) is 0 Å². The van der Waals surface area contributed by atoms with Crippen molar-refractivity contribution in [3.63, 3.8) is 0 Å². The van der Waals surface area contributed by atoms with Gasteiger partial charge in [-0.15, -0.1) is 0 Å². The second kappa shape index (κ2) is 3.59. The molecule has 1 aliphatic carbocycles. The molecule has 4 nitrogen and oxygen atoms in total. The minimum atomic E-state index is -0.354. The van der Waals surface area contributed by atoms with Crippen LogP contribution in [0.4, 0.5) is 4.79 Å². The molecule has 2 atom stereocenters. The predicted octanol–water partition coefficient (Wildman–Crippen LogP) is 1.20. The van der Waals surface area contributed by atoms with Crippen LogP contribution in [0.5, 0.6) is 0 Å². The summed E-state index contributed by atoms with van der Waals surface area (Å²) in [4.78, 5) is 24.6. The van der Waals surface area contributed by atoms with E-state index in [0.29, 0.717) is 18.9 Å². The second-order valence-electron chi connectivity index (χ2n) is 4.02. The fraction of sp³-hybridized carbons (Fsp3) is 0.800. The summed E-state index contributed by atoms with van der Waals surface area (Å²) < 4.78 is 4.67. The van der Waals surface area contributed by atoms with Crippen LogP contribution in [0.2, 0.25) is 0 Å². The molecule has 2 rings (SSSR count). The quantitative estimate of drug-likeness (QED) is 0.586. The van der Waals surface area contributed by atoms with Crippen LogP contribution in [0.15, 0.2) is 0 Å². The molecule has 4 heteroatoms. The fourth-order valence-electron chi connectivity index (χ4n) is 2.60. The number of carbonyl (C=O) groups is 2. The zero-order valence-electron chi connectivity index (χ0n) is 8.36. The van der Waals surface area contributed by atoms with Gasteiger partial charge in [0.15, 0.2) is 5.78 Å².